The highest BCUT2D eigenvalue weighted by Gasteiger charge is 2.22. The fraction of sp³-hybridized carbons (Fsp3) is 0.417. The van der Waals surface area contributed by atoms with E-state index in [1.54, 1.807) is 24.5 Å². The average Bonchev–Trinajstić information content (AvgIpc) is 3.24. The van der Waals surface area contributed by atoms with Gasteiger partial charge >= 0.3 is 0 Å². The van der Waals surface area contributed by atoms with E-state index in [4.69, 9.17) is 9.15 Å². The molecule has 1 saturated heterocycles. The van der Waals surface area contributed by atoms with E-state index < -0.39 is 0 Å². The Labute approximate surface area is 183 Å². The van der Waals surface area contributed by atoms with Crippen LogP contribution in [0.15, 0.2) is 53.2 Å². The van der Waals surface area contributed by atoms with Crippen molar-refractivity contribution in [3.8, 4) is 0 Å². The number of carbonyl (C=O) groups is 2. The SMILES string of the molecule is CC1CN(Cc2ccccc2CNC(=O)CCNC(=O)/C=C/c2ccco2)CC(C)O1. The molecule has 2 N–H and O–H groups in total. The van der Waals surface area contributed by atoms with Crippen molar-refractivity contribution in [3.63, 3.8) is 0 Å². The molecule has 0 aliphatic carbocycles. The molecule has 3 rings (SSSR count). The Morgan fingerprint density at radius 2 is 1.81 bits per heavy atom. The number of carbonyl (C=O) groups excluding carboxylic acids is 2. The van der Waals surface area contributed by atoms with Crippen LogP contribution in [0.4, 0.5) is 0 Å². The lowest BCUT2D eigenvalue weighted by Crippen LogP contribution is -2.45. The number of nitrogens with one attached hydrogen (secondary N) is 2. The van der Waals surface area contributed by atoms with Crippen molar-refractivity contribution in [2.75, 3.05) is 19.6 Å². The Hall–Kier alpha value is -2.90. The van der Waals surface area contributed by atoms with Gasteiger partial charge in [-0.15, -0.1) is 0 Å². The highest BCUT2D eigenvalue weighted by molar-refractivity contribution is 5.91. The van der Waals surface area contributed by atoms with Crippen LogP contribution in [-0.4, -0.2) is 48.6 Å². The number of nitrogens with zero attached hydrogens (tertiary/aromatic N) is 1. The molecule has 166 valence electrons. The first-order valence-corrected chi connectivity index (χ1v) is 10.7. The molecule has 1 aromatic carbocycles. The molecule has 2 heterocycles. The van der Waals surface area contributed by atoms with Gasteiger partial charge in [0, 0.05) is 45.2 Å². The maximum atomic E-state index is 12.2. The van der Waals surface area contributed by atoms with E-state index in [0.717, 1.165) is 25.2 Å². The van der Waals surface area contributed by atoms with Crippen LogP contribution in [0.25, 0.3) is 6.08 Å². The predicted octanol–water partition coefficient (Wildman–Crippen LogP) is 2.72. The Kier molecular flexibility index (Phi) is 8.44. The zero-order chi connectivity index (χ0) is 22.1. The van der Waals surface area contributed by atoms with Crippen molar-refractivity contribution in [3.05, 3.63) is 65.6 Å². The van der Waals surface area contributed by atoms with Crippen LogP contribution >= 0.6 is 0 Å². The number of amides is 2. The molecule has 7 nitrogen and oxygen atoms in total. The molecular formula is C24H31N3O4. The normalized spacial score (nSPS) is 19.4. The summed E-state index contributed by atoms with van der Waals surface area (Å²) in [4.78, 5) is 26.4. The fourth-order valence-corrected chi connectivity index (χ4v) is 3.72. The summed E-state index contributed by atoms with van der Waals surface area (Å²) in [5.41, 5.74) is 2.31. The first kappa shape index (κ1) is 22.8. The van der Waals surface area contributed by atoms with Crippen molar-refractivity contribution in [2.24, 2.45) is 0 Å². The minimum absolute atomic E-state index is 0.0984. The molecule has 0 spiro atoms. The van der Waals surface area contributed by atoms with Gasteiger partial charge in [0.1, 0.15) is 5.76 Å². The van der Waals surface area contributed by atoms with Crippen LogP contribution in [-0.2, 0) is 27.4 Å². The van der Waals surface area contributed by atoms with Crippen LogP contribution < -0.4 is 10.6 Å². The lowest BCUT2D eigenvalue weighted by atomic mass is 10.1. The summed E-state index contributed by atoms with van der Waals surface area (Å²) in [5, 5.41) is 5.66. The monoisotopic (exact) mass is 425 g/mol. The van der Waals surface area contributed by atoms with E-state index in [9.17, 15) is 9.59 Å². The third-order valence-corrected chi connectivity index (χ3v) is 5.08. The Bertz CT molecular complexity index is 869. The maximum Gasteiger partial charge on any atom is 0.244 e. The molecule has 1 aliphatic rings. The van der Waals surface area contributed by atoms with Crippen LogP contribution in [0.3, 0.4) is 0 Å². The zero-order valence-electron chi connectivity index (χ0n) is 18.2. The van der Waals surface area contributed by atoms with Gasteiger partial charge in [-0.25, -0.2) is 0 Å². The van der Waals surface area contributed by atoms with Crippen LogP contribution in [0.1, 0.15) is 37.2 Å². The summed E-state index contributed by atoms with van der Waals surface area (Å²) < 4.78 is 10.9. The van der Waals surface area contributed by atoms with Crippen LogP contribution in [0.2, 0.25) is 0 Å². The summed E-state index contributed by atoms with van der Waals surface area (Å²) in [6.07, 6.45) is 5.19. The van der Waals surface area contributed by atoms with Gasteiger partial charge in [-0.2, -0.15) is 0 Å². The van der Waals surface area contributed by atoms with Crippen molar-refractivity contribution < 1.29 is 18.7 Å². The zero-order valence-corrected chi connectivity index (χ0v) is 18.2. The smallest absolute Gasteiger partial charge is 0.244 e. The number of hydrogen-bond donors (Lipinski definition) is 2. The second-order valence-corrected chi connectivity index (χ2v) is 7.89. The minimum Gasteiger partial charge on any atom is -0.465 e. The van der Waals surface area contributed by atoms with Gasteiger partial charge in [0.15, 0.2) is 0 Å². The first-order chi connectivity index (χ1) is 15.0. The highest BCUT2D eigenvalue weighted by Crippen LogP contribution is 2.17. The largest absolute Gasteiger partial charge is 0.465 e. The molecule has 1 fully saturated rings. The van der Waals surface area contributed by atoms with Gasteiger partial charge in [-0.1, -0.05) is 24.3 Å². The van der Waals surface area contributed by atoms with Crippen LogP contribution in [0, 0.1) is 0 Å². The number of benzene rings is 1. The molecule has 7 heteroatoms. The summed E-state index contributed by atoms with van der Waals surface area (Å²) in [5.74, 6) is 0.245. The quantitative estimate of drug-likeness (QED) is 0.604. The topological polar surface area (TPSA) is 83.8 Å². The van der Waals surface area contributed by atoms with Crippen molar-refractivity contribution >= 4 is 17.9 Å². The van der Waals surface area contributed by atoms with Crippen molar-refractivity contribution in [1.82, 2.24) is 15.5 Å². The van der Waals surface area contributed by atoms with Gasteiger partial charge in [0.05, 0.1) is 18.5 Å². The summed E-state index contributed by atoms with van der Waals surface area (Å²) in [7, 11) is 0. The van der Waals surface area contributed by atoms with E-state index in [-0.39, 0.29) is 37.0 Å². The van der Waals surface area contributed by atoms with Crippen molar-refractivity contribution in [2.45, 2.75) is 45.6 Å². The second-order valence-electron chi connectivity index (χ2n) is 7.89. The average molecular weight is 426 g/mol. The van der Waals surface area contributed by atoms with Gasteiger partial charge in [0.2, 0.25) is 11.8 Å². The molecular weight excluding hydrogens is 394 g/mol. The van der Waals surface area contributed by atoms with Gasteiger partial charge < -0.3 is 19.8 Å². The number of morpholine rings is 1. The number of furan rings is 1. The first-order valence-electron chi connectivity index (χ1n) is 10.7. The summed E-state index contributed by atoms with van der Waals surface area (Å²) in [6, 6.07) is 11.7. The van der Waals surface area contributed by atoms with E-state index in [1.807, 2.05) is 18.2 Å². The lowest BCUT2D eigenvalue weighted by molar-refractivity contribution is -0.121. The molecule has 2 atom stereocenters. The third kappa shape index (κ3) is 7.70. The Morgan fingerprint density at radius 3 is 2.52 bits per heavy atom. The standard InChI is InChI=1S/C24H31N3O4/c1-18-15-27(16-19(2)31-18)17-21-7-4-3-6-20(21)14-26-24(29)11-12-25-23(28)10-9-22-8-5-13-30-22/h3-10,13,18-19H,11-12,14-17H2,1-2H3,(H,25,28)(H,26,29)/b10-9+. The maximum absolute atomic E-state index is 12.2. The highest BCUT2D eigenvalue weighted by atomic mass is 16.5. The lowest BCUT2D eigenvalue weighted by Gasteiger charge is -2.35. The fourth-order valence-electron chi connectivity index (χ4n) is 3.72. The molecule has 1 aliphatic heterocycles. The third-order valence-electron chi connectivity index (χ3n) is 5.08. The number of ether oxygens (including phenoxy) is 1. The second kappa shape index (κ2) is 11.5. The summed E-state index contributed by atoms with van der Waals surface area (Å²) in [6.45, 7) is 7.58. The van der Waals surface area contributed by atoms with E-state index in [0.29, 0.717) is 12.3 Å². The van der Waals surface area contributed by atoms with Gasteiger partial charge in [-0.3, -0.25) is 14.5 Å². The molecule has 1 aromatic heterocycles. The van der Waals surface area contributed by atoms with Gasteiger partial charge in [-0.05, 0) is 43.2 Å². The number of hydrogen-bond acceptors (Lipinski definition) is 5. The van der Waals surface area contributed by atoms with Gasteiger partial charge in [0.25, 0.3) is 0 Å². The molecule has 2 amide bonds. The molecule has 31 heavy (non-hydrogen) atoms. The molecule has 2 unspecified atom stereocenters. The molecule has 0 saturated carbocycles. The minimum atomic E-state index is -0.261. The molecule has 0 bridgehead atoms. The number of rotatable bonds is 9. The summed E-state index contributed by atoms with van der Waals surface area (Å²) >= 11 is 0. The molecule has 0 radical (unpaired) electrons. The van der Waals surface area contributed by atoms with E-state index in [1.165, 1.54) is 11.6 Å². The Balaban J connectivity index is 1.41. The van der Waals surface area contributed by atoms with Crippen molar-refractivity contribution in [1.29, 1.82) is 0 Å². The molecule has 2 aromatic rings. The predicted molar refractivity (Wildman–Crippen MR) is 119 cm³/mol. The Morgan fingerprint density at radius 1 is 1.06 bits per heavy atom. The van der Waals surface area contributed by atoms with E-state index in [2.05, 4.69) is 35.4 Å². The van der Waals surface area contributed by atoms with Crippen LogP contribution in [0.5, 0.6) is 0 Å². The van der Waals surface area contributed by atoms with E-state index >= 15 is 0 Å².